The van der Waals surface area contributed by atoms with Gasteiger partial charge in [-0.25, -0.2) is 14.3 Å². The number of aryl methyl sites for hydroxylation is 1. The minimum absolute atomic E-state index is 0.0167. The van der Waals surface area contributed by atoms with E-state index in [-0.39, 0.29) is 30.8 Å². The Morgan fingerprint density at radius 1 is 1.06 bits per heavy atom. The number of carbonyl (C=O) groups is 1. The van der Waals surface area contributed by atoms with Gasteiger partial charge in [0, 0.05) is 36.7 Å². The number of likely N-dealkylation sites (tertiary alicyclic amines) is 1. The normalized spacial score (nSPS) is 24.8. The first kappa shape index (κ1) is 23.8. The highest BCUT2D eigenvalue weighted by Gasteiger charge is 2.42. The fourth-order valence-corrected chi connectivity index (χ4v) is 5.06. The van der Waals surface area contributed by atoms with Crippen LogP contribution in [0.5, 0.6) is 0 Å². The van der Waals surface area contributed by atoms with Crippen molar-refractivity contribution < 1.29 is 22.7 Å². The number of hydrogen-bond donors (Lipinski definition) is 0. The molecule has 1 unspecified atom stereocenters. The Morgan fingerprint density at radius 3 is 2.39 bits per heavy atom. The smallest absolute Gasteiger partial charge is 0.410 e. The standard InChI is InChI=1S/C24H33F3N4O2/c1-15-12-20(17-6-5-11-30(14-17)22(32)33-23(2,3)4)31-21(28-15)13-19(29-31)16-7-9-18(10-8-16)24(25,26)27/h12-13,16-18H,5-11,14H2,1-4H3/t16-,17?,18-. The molecule has 33 heavy (non-hydrogen) atoms. The molecule has 3 heterocycles. The molecule has 9 heteroatoms. The summed E-state index contributed by atoms with van der Waals surface area (Å²) in [5.41, 5.74) is 2.83. The molecule has 2 aromatic rings. The van der Waals surface area contributed by atoms with Crippen LogP contribution in [0, 0.1) is 12.8 Å². The van der Waals surface area contributed by atoms with Crippen LogP contribution in [0.25, 0.3) is 5.65 Å². The third-order valence-corrected chi connectivity index (χ3v) is 6.70. The summed E-state index contributed by atoms with van der Waals surface area (Å²) in [7, 11) is 0. The highest BCUT2D eigenvalue weighted by Crippen LogP contribution is 2.43. The molecule has 4 rings (SSSR count). The van der Waals surface area contributed by atoms with E-state index in [9.17, 15) is 18.0 Å². The number of amides is 1. The van der Waals surface area contributed by atoms with Crippen LogP contribution in [0.4, 0.5) is 18.0 Å². The topological polar surface area (TPSA) is 59.7 Å². The maximum atomic E-state index is 13.1. The molecular weight excluding hydrogens is 433 g/mol. The van der Waals surface area contributed by atoms with Gasteiger partial charge in [0.05, 0.1) is 17.3 Å². The number of aromatic nitrogens is 3. The molecule has 1 aliphatic carbocycles. The summed E-state index contributed by atoms with van der Waals surface area (Å²) in [4.78, 5) is 19.0. The van der Waals surface area contributed by atoms with E-state index >= 15 is 0 Å². The molecule has 1 amide bonds. The van der Waals surface area contributed by atoms with Crippen LogP contribution in [-0.4, -0.2) is 50.5 Å². The Bertz CT molecular complexity index is 1000. The van der Waals surface area contributed by atoms with Gasteiger partial charge in [0.25, 0.3) is 0 Å². The first-order valence-corrected chi connectivity index (χ1v) is 11.8. The lowest BCUT2D eigenvalue weighted by Gasteiger charge is -2.34. The van der Waals surface area contributed by atoms with Crippen molar-refractivity contribution in [1.82, 2.24) is 19.5 Å². The molecule has 1 saturated carbocycles. The fourth-order valence-electron chi connectivity index (χ4n) is 5.06. The van der Waals surface area contributed by atoms with Gasteiger partial charge in [-0.15, -0.1) is 0 Å². The summed E-state index contributed by atoms with van der Waals surface area (Å²) in [6, 6.07) is 3.93. The van der Waals surface area contributed by atoms with Crippen LogP contribution in [0.1, 0.15) is 88.2 Å². The van der Waals surface area contributed by atoms with Crippen LogP contribution >= 0.6 is 0 Å². The van der Waals surface area contributed by atoms with Gasteiger partial charge in [-0.3, -0.25) is 0 Å². The van der Waals surface area contributed by atoms with Gasteiger partial charge < -0.3 is 9.64 Å². The molecule has 6 nitrogen and oxygen atoms in total. The molecule has 2 aromatic heterocycles. The first-order valence-electron chi connectivity index (χ1n) is 11.8. The van der Waals surface area contributed by atoms with E-state index in [1.54, 1.807) is 4.90 Å². The van der Waals surface area contributed by atoms with Gasteiger partial charge in [0.1, 0.15) is 5.60 Å². The van der Waals surface area contributed by atoms with Crippen LogP contribution in [-0.2, 0) is 4.74 Å². The largest absolute Gasteiger partial charge is 0.444 e. The summed E-state index contributed by atoms with van der Waals surface area (Å²) in [6.07, 6.45) is -1.38. The average molecular weight is 467 g/mol. The predicted molar refractivity (Wildman–Crippen MR) is 118 cm³/mol. The Hall–Kier alpha value is -2.32. The minimum atomic E-state index is -4.11. The summed E-state index contributed by atoms with van der Waals surface area (Å²) in [5.74, 6) is -1.10. The van der Waals surface area contributed by atoms with Crippen LogP contribution in [0.15, 0.2) is 12.1 Å². The van der Waals surface area contributed by atoms with E-state index in [0.29, 0.717) is 31.6 Å². The number of ether oxygens (including phenoxy) is 1. The van der Waals surface area contributed by atoms with Crippen LogP contribution in [0.3, 0.4) is 0 Å². The molecular formula is C24H33F3N4O2. The SMILES string of the molecule is Cc1cc(C2CCCN(C(=O)OC(C)(C)C)C2)n2nc([C@H]3CC[C@H](C(F)(F)F)CC3)cc2n1. The maximum absolute atomic E-state index is 13.1. The molecule has 0 radical (unpaired) electrons. The monoisotopic (exact) mass is 466 g/mol. The van der Waals surface area contributed by atoms with E-state index in [0.717, 1.165) is 29.9 Å². The van der Waals surface area contributed by atoms with Crippen molar-refractivity contribution >= 4 is 11.7 Å². The first-order chi connectivity index (χ1) is 15.4. The third kappa shape index (κ3) is 5.44. The zero-order valence-electron chi connectivity index (χ0n) is 19.8. The number of nitrogens with zero attached hydrogens (tertiary/aromatic N) is 4. The van der Waals surface area contributed by atoms with Gasteiger partial charge in [0.15, 0.2) is 5.65 Å². The minimum Gasteiger partial charge on any atom is -0.444 e. The number of piperidine rings is 1. The summed E-state index contributed by atoms with van der Waals surface area (Å²) < 4.78 is 46.6. The van der Waals surface area contributed by atoms with E-state index in [2.05, 4.69) is 4.98 Å². The lowest BCUT2D eigenvalue weighted by molar-refractivity contribution is -0.182. The molecule has 0 bridgehead atoms. The molecule has 2 aliphatic rings. The molecule has 0 aromatic carbocycles. The molecule has 1 aliphatic heterocycles. The second-order valence-electron chi connectivity index (χ2n) is 10.5. The molecule has 2 fully saturated rings. The second kappa shape index (κ2) is 8.80. The van der Waals surface area contributed by atoms with Crippen molar-refractivity contribution in [2.45, 2.75) is 89.8 Å². The van der Waals surface area contributed by atoms with Crippen molar-refractivity contribution in [3.8, 4) is 0 Å². The van der Waals surface area contributed by atoms with Gasteiger partial charge in [-0.05, 0) is 72.3 Å². The van der Waals surface area contributed by atoms with Gasteiger partial charge >= 0.3 is 12.3 Å². The Morgan fingerprint density at radius 2 is 1.76 bits per heavy atom. The van der Waals surface area contributed by atoms with Crippen LogP contribution in [0.2, 0.25) is 0 Å². The number of rotatable bonds is 2. The maximum Gasteiger partial charge on any atom is 0.410 e. The van der Waals surface area contributed by atoms with Crippen molar-refractivity contribution in [2.24, 2.45) is 5.92 Å². The third-order valence-electron chi connectivity index (χ3n) is 6.70. The van der Waals surface area contributed by atoms with Crippen molar-refractivity contribution in [3.63, 3.8) is 0 Å². The lowest BCUT2D eigenvalue weighted by Crippen LogP contribution is -2.42. The molecule has 1 atom stereocenters. The molecule has 1 saturated heterocycles. The zero-order valence-corrected chi connectivity index (χ0v) is 19.8. The number of alkyl halides is 3. The predicted octanol–water partition coefficient (Wildman–Crippen LogP) is 5.99. The highest BCUT2D eigenvalue weighted by molar-refractivity contribution is 5.68. The average Bonchev–Trinajstić information content (AvgIpc) is 3.15. The van der Waals surface area contributed by atoms with Crippen molar-refractivity contribution in [2.75, 3.05) is 13.1 Å². The zero-order chi connectivity index (χ0) is 24.0. The van der Waals surface area contributed by atoms with E-state index in [4.69, 9.17) is 9.84 Å². The van der Waals surface area contributed by atoms with Crippen molar-refractivity contribution in [1.29, 1.82) is 0 Å². The Labute approximate surface area is 192 Å². The summed E-state index contributed by atoms with van der Waals surface area (Å²) >= 11 is 0. The molecule has 182 valence electrons. The number of halogens is 3. The van der Waals surface area contributed by atoms with Crippen molar-refractivity contribution in [3.05, 3.63) is 29.2 Å². The summed E-state index contributed by atoms with van der Waals surface area (Å²) in [6.45, 7) is 8.70. The van der Waals surface area contributed by atoms with E-state index in [1.807, 2.05) is 44.3 Å². The van der Waals surface area contributed by atoms with Gasteiger partial charge in [0.2, 0.25) is 0 Å². The lowest BCUT2D eigenvalue weighted by atomic mass is 9.80. The Kier molecular flexibility index (Phi) is 6.35. The van der Waals surface area contributed by atoms with E-state index < -0.39 is 17.7 Å². The number of hydrogen-bond acceptors (Lipinski definition) is 4. The van der Waals surface area contributed by atoms with E-state index in [1.165, 1.54) is 0 Å². The van der Waals surface area contributed by atoms with Crippen LogP contribution < -0.4 is 0 Å². The van der Waals surface area contributed by atoms with Gasteiger partial charge in [-0.2, -0.15) is 18.3 Å². The Balaban J connectivity index is 1.55. The molecule has 0 N–H and O–H groups in total. The fraction of sp³-hybridized carbons (Fsp3) is 0.708. The quantitative estimate of drug-likeness (QED) is 0.546. The van der Waals surface area contributed by atoms with Gasteiger partial charge in [-0.1, -0.05) is 0 Å². The highest BCUT2D eigenvalue weighted by atomic mass is 19.4. The summed E-state index contributed by atoms with van der Waals surface area (Å²) in [5, 5.41) is 4.81. The number of fused-ring (bicyclic) bond motifs is 1. The second-order valence-corrected chi connectivity index (χ2v) is 10.5. The number of carbonyl (C=O) groups excluding carboxylic acids is 1. The molecule has 0 spiro atoms.